The maximum absolute atomic E-state index is 11.6. The predicted molar refractivity (Wildman–Crippen MR) is 56.4 cm³/mol. The Morgan fingerprint density at radius 3 is 2.86 bits per heavy atom. The van der Waals surface area contributed by atoms with Crippen molar-refractivity contribution < 1.29 is 9.53 Å². The van der Waals surface area contributed by atoms with Crippen LogP contribution in [0.4, 0.5) is 5.69 Å². The molecule has 3 nitrogen and oxygen atoms in total. The van der Waals surface area contributed by atoms with Gasteiger partial charge in [0, 0.05) is 17.9 Å². The number of nitrogens with two attached hydrogens (primary N) is 1. The number of Topliss-reactive ketones (excluding diaryl/α,β-unsaturated/α-hetero) is 1. The molecule has 14 heavy (non-hydrogen) atoms. The van der Waals surface area contributed by atoms with Crippen molar-refractivity contribution in [1.29, 1.82) is 0 Å². The van der Waals surface area contributed by atoms with Gasteiger partial charge in [-0.3, -0.25) is 4.79 Å². The molecule has 0 aliphatic carbocycles. The van der Waals surface area contributed by atoms with Crippen molar-refractivity contribution in [2.75, 3.05) is 18.9 Å². The van der Waals surface area contributed by atoms with Gasteiger partial charge >= 0.3 is 0 Å². The maximum atomic E-state index is 11.6. The molecular weight excluding hydrogens is 178 g/mol. The van der Waals surface area contributed by atoms with Gasteiger partial charge in [0.05, 0.1) is 0 Å². The van der Waals surface area contributed by atoms with Crippen molar-refractivity contribution in [3.05, 3.63) is 29.3 Å². The van der Waals surface area contributed by atoms with E-state index in [9.17, 15) is 4.79 Å². The third-order valence-corrected chi connectivity index (χ3v) is 2.11. The molecule has 0 saturated heterocycles. The van der Waals surface area contributed by atoms with Crippen molar-refractivity contribution in [3.8, 4) is 0 Å². The van der Waals surface area contributed by atoms with Gasteiger partial charge in [-0.05, 0) is 25.5 Å². The van der Waals surface area contributed by atoms with Gasteiger partial charge in [-0.2, -0.15) is 0 Å². The molecule has 0 radical (unpaired) electrons. The number of carbonyl (C=O) groups excluding carboxylic acids is 1. The van der Waals surface area contributed by atoms with Crippen LogP contribution < -0.4 is 5.73 Å². The van der Waals surface area contributed by atoms with E-state index < -0.39 is 0 Å². The lowest BCUT2D eigenvalue weighted by atomic mass is 10.0. The molecule has 0 unspecified atom stereocenters. The van der Waals surface area contributed by atoms with Crippen LogP contribution in [0.1, 0.15) is 22.8 Å². The molecule has 0 bridgehead atoms. The quantitative estimate of drug-likeness (QED) is 0.586. The van der Waals surface area contributed by atoms with Gasteiger partial charge in [-0.1, -0.05) is 12.1 Å². The first-order valence-corrected chi connectivity index (χ1v) is 4.62. The lowest BCUT2D eigenvalue weighted by molar-refractivity contribution is 0.0783. The van der Waals surface area contributed by atoms with E-state index in [1.165, 1.54) is 0 Å². The second-order valence-corrected chi connectivity index (χ2v) is 3.08. The van der Waals surface area contributed by atoms with Crippen LogP contribution in [0.15, 0.2) is 18.2 Å². The molecule has 0 amide bonds. The summed E-state index contributed by atoms with van der Waals surface area (Å²) in [6.45, 7) is 4.38. The lowest BCUT2D eigenvalue weighted by Crippen LogP contribution is -2.11. The molecule has 2 N–H and O–H groups in total. The second-order valence-electron chi connectivity index (χ2n) is 3.08. The fourth-order valence-corrected chi connectivity index (χ4v) is 1.23. The number of benzene rings is 1. The third kappa shape index (κ3) is 2.33. The van der Waals surface area contributed by atoms with Crippen molar-refractivity contribution >= 4 is 11.5 Å². The van der Waals surface area contributed by atoms with Crippen LogP contribution in [0.3, 0.4) is 0 Å². The molecule has 0 atom stereocenters. The van der Waals surface area contributed by atoms with Crippen LogP contribution in [-0.2, 0) is 4.74 Å². The summed E-state index contributed by atoms with van der Waals surface area (Å²) < 4.78 is 5.05. The highest BCUT2D eigenvalue weighted by Crippen LogP contribution is 2.15. The Morgan fingerprint density at radius 1 is 1.50 bits per heavy atom. The Bertz CT molecular complexity index is 334. The predicted octanol–water partition coefficient (Wildman–Crippen LogP) is 1.80. The molecule has 1 aromatic rings. The number of carbonyl (C=O) groups is 1. The van der Waals surface area contributed by atoms with Gasteiger partial charge < -0.3 is 10.5 Å². The zero-order chi connectivity index (χ0) is 10.6. The van der Waals surface area contributed by atoms with Crippen molar-refractivity contribution in [3.63, 3.8) is 0 Å². The van der Waals surface area contributed by atoms with Crippen molar-refractivity contribution in [2.24, 2.45) is 0 Å². The number of anilines is 1. The first kappa shape index (κ1) is 10.7. The van der Waals surface area contributed by atoms with E-state index in [0.29, 0.717) is 17.9 Å². The van der Waals surface area contributed by atoms with Crippen LogP contribution in [0.2, 0.25) is 0 Å². The molecule has 0 aliphatic heterocycles. The average Bonchev–Trinajstić information content (AvgIpc) is 2.18. The number of hydrogen-bond donors (Lipinski definition) is 1. The van der Waals surface area contributed by atoms with Crippen LogP contribution >= 0.6 is 0 Å². The van der Waals surface area contributed by atoms with Gasteiger partial charge in [0.1, 0.15) is 6.61 Å². The Kier molecular flexibility index (Phi) is 3.65. The van der Waals surface area contributed by atoms with Gasteiger partial charge in [0.15, 0.2) is 5.78 Å². The number of rotatable bonds is 4. The average molecular weight is 193 g/mol. The van der Waals surface area contributed by atoms with Crippen molar-refractivity contribution in [2.45, 2.75) is 13.8 Å². The molecule has 1 aromatic carbocycles. The summed E-state index contributed by atoms with van der Waals surface area (Å²) in [6, 6.07) is 5.33. The van der Waals surface area contributed by atoms with E-state index in [0.717, 1.165) is 5.56 Å². The third-order valence-electron chi connectivity index (χ3n) is 2.11. The fourth-order valence-electron chi connectivity index (χ4n) is 1.23. The zero-order valence-electron chi connectivity index (χ0n) is 8.54. The normalized spacial score (nSPS) is 10.1. The van der Waals surface area contributed by atoms with Gasteiger partial charge in [-0.15, -0.1) is 0 Å². The first-order valence-electron chi connectivity index (χ1n) is 4.62. The summed E-state index contributed by atoms with van der Waals surface area (Å²) in [5, 5.41) is 0. The smallest absolute Gasteiger partial charge is 0.188 e. The Hall–Kier alpha value is -1.35. The van der Waals surface area contributed by atoms with E-state index >= 15 is 0 Å². The van der Waals surface area contributed by atoms with E-state index in [1.54, 1.807) is 18.2 Å². The Balaban J connectivity index is 2.84. The van der Waals surface area contributed by atoms with E-state index in [4.69, 9.17) is 10.5 Å². The molecule has 0 aromatic heterocycles. The maximum Gasteiger partial charge on any atom is 0.188 e. The minimum atomic E-state index is -0.0170. The van der Waals surface area contributed by atoms with E-state index in [-0.39, 0.29) is 12.4 Å². The number of ether oxygens (including phenoxy) is 1. The number of hydrogen-bond acceptors (Lipinski definition) is 3. The summed E-state index contributed by atoms with van der Waals surface area (Å²) in [5.41, 5.74) is 7.82. The van der Waals surface area contributed by atoms with Crippen LogP contribution in [0.5, 0.6) is 0 Å². The highest BCUT2D eigenvalue weighted by Gasteiger charge is 2.09. The molecule has 0 fully saturated rings. The largest absolute Gasteiger partial charge is 0.398 e. The first-order chi connectivity index (χ1) is 6.66. The van der Waals surface area contributed by atoms with Crippen LogP contribution in [-0.4, -0.2) is 19.0 Å². The summed E-state index contributed by atoms with van der Waals surface area (Å²) >= 11 is 0. The van der Waals surface area contributed by atoms with E-state index in [1.807, 2.05) is 13.8 Å². The molecule has 0 saturated carbocycles. The Labute approximate surface area is 83.9 Å². The monoisotopic (exact) mass is 193 g/mol. The summed E-state index contributed by atoms with van der Waals surface area (Å²) in [7, 11) is 0. The number of ketones is 1. The summed E-state index contributed by atoms with van der Waals surface area (Å²) in [4.78, 5) is 11.6. The second kappa shape index (κ2) is 4.77. The molecule has 3 heteroatoms. The minimum Gasteiger partial charge on any atom is -0.398 e. The topological polar surface area (TPSA) is 52.3 Å². The highest BCUT2D eigenvalue weighted by molar-refractivity contribution is 5.99. The Morgan fingerprint density at radius 2 is 2.21 bits per heavy atom. The summed E-state index contributed by atoms with van der Waals surface area (Å²) in [5.74, 6) is -0.0170. The van der Waals surface area contributed by atoms with Gasteiger partial charge in [-0.25, -0.2) is 0 Å². The van der Waals surface area contributed by atoms with Gasteiger partial charge in [0.2, 0.25) is 0 Å². The molecule has 0 aliphatic rings. The molecule has 1 rings (SSSR count). The highest BCUT2D eigenvalue weighted by atomic mass is 16.5. The fraction of sp³-hybridized carbons (Fsp3) is 0.364. The lowest BCUT2D eigenvalue weighted by Gasteiger charge is -2.06. The SMILES string of the molecule is CCOCC(=O)c1cccc(N)c1C. The molecule has 76 valence electrons. The van der Waals surface area contributed by atoms with Crippen LogP contribution in [0, 0.1) is 6.92 Å². The minimum absolute atomic E-state index is 0.0170. The zero-order valence-corrected chi connectivity index (χ0v) is 8.54. The van der Waals surface area contributed by atoms with Gasteiger partial charge in [0.25, 0.3) is 0 Å². The number of nitrogen functional groups attached to an aromatic ring is 1. The molecule has 0 heterocycles. The van der Waals surface area contributed by atoms with Crippen LogP contribution in [0.25, 0.3) is 0 Å². The van der Waals surface area contributed by atoms with Crippen molar-refractivity contribution in [1.82, 2.24) is 0 Å². The van der Waals surface area contributed by atoms with E-state index in [2.05, 4.69) is 0 Å². The standard InChI is InChI=1S/C11H15NO2/c1-3-14-7-11(13)9-5-4-6-10(12)8(9)2/h4-6H,3,7,12H2,1-2H3. The summed E-state index contributed by atoms with van der Waals surface area (Å²) in [6.07, 6.45) is 0. The molecular formula is C11H15NO2. The molecule has 0 spiro atoms.